The van der Waals surface area contributed by atoms with Crippen molar-refractivity contribution in [2.75, 3.05) is 24.7 Å². The number of aromatic nitrogens is 3. The van der Waals surface area contributed by atoms with Crippen molar-refractivity contribution >= 4 is 26.8 Å². The van der Waals surface area contributed by atoms with Gasteiger partial charge in [-0.05, 0) is 26.7 Å². The first-order valence-corrected chi connectivity index (χ1v) is 7.67. The van der Waals surface area contributed by atoms with Gasteiger partial charge in [0.2, 0.25) is 0 Å². The van der Waals surface area contributed by atoms with Crippen molar-refractivity contribution in [2.24, 2.45) is 7.05 Å². The largest absolute Gasteiger partial charge is 0.380 e. The topological polar surface area (TPSA) is 43.2 Å². The van der Waals surface area contributed by atoms with E-state index in [1.54, 1.807) is 11.3 Å². The zero-order valence-corrected chi connectivity index (χ0v) is 12.5. The van der Waals surface area contributed by atoms with E-state index in [2.05, 4.69) is 10.00 Å². The van der Waals surface area contributed by atoms with Gasteiger partial charge in [0.1, 0.15) is 0 Å². The second kappa shape index (κ2) is 5.09. The highest BCUT2D eigenvalue weighted by molar-refractivity contribution is 7.22. The molecule has 0 aromatic carbocycles. The van der Waals surface area contributed by atoms with Crippen LogP contribution in [-0.4, -0.2) is 40.6 Å². The van der Waals surface area contributed by atoms with Crippen molar-refractivity contribution in [2.45, 2.75) is 32.7 Å². The Morgan fingerprint density at radius 3 is 3.05 bits per heavy atom. The molecule has 0 bridgehead atoms. The Labute approximate surface area is 117 Å². The summed E-state index contributed by atoms with van der Waals surface area (Å²) in [6, 6.07) is 0.480. The lowest BCUT2D eigenvalue weighted by atomic mass is 10.2. The van der Waals surface area contributed by atoms with Gasteiger partial charge in [0.15, 0.2) is 10.8 Å². The number of hydrogen-bond donors (Lipinski definition) is 0. The number of aryl methyl sites for hydroxylation is 2. The molecule has 0 spiro atoms. The molecule has 1 atom stereocenters. The van der Waals surface area contributed by atoms with Gasteiger partial charge in [-0.2, -0.15) is 5.10 Å². The van der Waals surface area contributed by atoms with E-state index in [4.69, 9.17) is 9.72 Å². The van der Waals surface area contributed by atoms with Crippen molar-refractivity contribution < 1.29 is 4.74 Å². The van der Waals surface area contributed by atoms with Crippen molar-refractivity contribution in [3.63, 3.8) is 0 Å². The molecule has 1 saturated heterocycles. The molecule has 2 aromatic rings. The fourth-order valence-electron chi connectivity index (χ4n) is 2.71. The third-order valence-electron chi connectivity index (χ3n) is 3.67. The van der Waals surface area contributed by atoms with Gasteiger partial charge in [-0.15, -0.1) is 0 Å². The molecular formula is C13H20N4OS. The predicted molar refractivity (Wildman–Crippen MR) is 78.0 cm³/mol. The van der Waals surface area contributed by atoms with Crippen LogP contribution in [0, 0.1) is 6.92 Å². The van der Waals surface area contributed by atoms with Gasteiger partial charge in [0.25, 0.3) is 0 Å². The Kier molecular flexibility index (Phi) is 3.45. The number of fused-ring (bicyclic) bond motifs is 1. The number of anilines is 1. The Balaban J connectivity index is 1.88. The SMILES string of the molecule is CCOCC1CCCN1c1nc2c(s1)c(C)nn2C. The third-order valence-corrected chi connectivity index (χ3v) is 4.86. The molecule has 6 heteroatoms. The molecule has 1 aliphatic heterocycles. The minimum atomic E-state index is 0.480. The summed E-state index contributed by atoms with van der Waals surface area (Å²) >= 11 is 1.76. The maximum Gasteiger partial charge on any atom is 0.188 e. The van der Waals surface area contributed by atoms with Gasteiger partial charge in [-0.25, -0.2) is 9.67 Å². The summed E-state index contributed by atoms with van der Waals surface area (Å²) in [5.74, 6) is 0. The summed E-state index contributed by atoms with van der Waals surface area (Å²) in [6.45, 7) is 6.78. The van der Waals surface area contributed by atoms with Crippen LogP contribution in [0.4, 0.5) is 5.13 Å². The highest BCUT2D eigenvalue weighted by atomic mass is 32.1. The van der Waals surface area contributed by atoms with Crippen LogP contribution in [0.15, 0.2) is 0 Å². The second-order valence-electron chi connectivity index (χ2n) is 5.01. The van der Waals surface area contributed by atoms with Crippen LogP contribution in [0.25, 0.3) is 10.3 Å². The average molecular weight is 280 g/mol. The molecule has 1 aliphatic rings. The van der Waals surface area contributed by atoms with E-state index in [9.17, 15) is 0 Å². The monoisotopic (exact) mass is 280 g/mol. The van der Waals surface area contributed by atoms with E-state index in [0.717, 1.165) is 36.2 Å². The standard InChI is InChI=1S/C13H20N4OS/c1-4-18-8-10-6-5-7-17(10)13-14-12-11(19-13)9(2)15-16(12)3/h10H,4-8H2,1-3H3. The molecule has 1 unspecified atom stereocenters. The summed E-state index contributed by atoms with van der Waals surface area (Å²) in [7, 11) is 1.96. The van der Waals surface area contributed by atoms with Crippen LogP contribution in [0.3, 0.4) is 0 Å². The van der Waals surface area contributed by atoms with Gasteiger partial charge < -0.3 is 9.64 Å². The van der Waals surface area contributed by atoms with E-state index in [1.165, 1.54) is 17.5 Å². The van der Waals surface area contributed by atoms with Crippen molar-refractivity contribution in [3.05, 3.63) is 5.69 Å². The normalized spacial score (nSPS) is 19.7. The fraction of sp³-hybridized carbons (Fsp3) is 0.692. The molecule has 3 heterocycles. The van der Waals surface area contributed by atoms with Gasteiger partial charge in [-0.1, -0.05) is 11.3 Å². The molecule has 0 N–H and O–H groups in total. The minimum Gasteiger partial charge on any atom is -0.380 e. The van der Waals surface area contributed by atoms with Crippen molar-refractivity contribution in [3.8, 4) is 0 Å². The molecule has 0 amide bonds. The summed E-state index contributed by atoms with van der Waals surface area (Å²) < 4.78 is 8.67. The van der Waals surface area contributed by atoms with Crippen LogP contribution in [0.5, 0.6) is 0 Å². The Morgan fingerprint density at radius 2 is 2.32 bits per heavy atom. The zero-order chi connectivity index (χ0) is 13.4. The van der Waals surface area contributed by atoms with E-state index in [1.807, 2.05) is 25.6 Å². The number of nitrogens with zero attached hydrogens (tertiary/aromatic N) is 4. The minimum absolute atomic E-state index is 0.480. The van der Waals surface area contributed by atoms with E-state index in [0.29, 0.717) is 6.04 Å². The van der Waals surface area contributed by atoms with Crippen LogP contribution < -0.4 is 4.90 Å². The number of hydrogen-bond acceptors (Lipinski definition) is 5. The lowest BCUT2D eigenvalue weighted by Crippen LogP contribution is -2.33. The summed E-state index contributed by atoms with van der Waals surface area (Å²) in [4.78, 5) is 7.17. The van der Waals surface area contributed by atoms with Gasteiger partial charge in [-0.3, -0.25) is 0 Å². The highest BCUT2D eigenvalue weighted by Gasteiger charge is 2.28. The Bertz CT molecular complexity index is 542. The first kappa shape index (κ1) is 12.9. The molecule has 19 heavy (non-hydrogen) atoms. The van der Waals surface area contributed by atoms with Crippen molar-refractivity contribution in [1.29, 1.82) is 0 Å². The van der Waals surface area contributed by atoms with E-state index >= 15 is 0 Å². The highest BCUT2D eigenvalue weighted by Crippen LogP contribution is 2.34. The molecule has 1 fully saturated rings. The number of ether oxygens (including phenoxy) is 1. The fourth-order valence-corrected chi connectivity index (χ4v) is 3.84. The molecular weight excluding hydrogens is 260 g/mol. The lowest BCUT2D eigenvalue weighted by molar-refractivity contribution is 0.134. The third kappa shape index (κ3) is 2.23. The number of rotatable bonds is 4. The Hall–Kier alpha value is -1.14. The van der Waals surface area contributed by atoms with Crippen LogP contribution in [0.1, 0.15) is 25.5 Å². The van der Waals surface area contributed by atoms with Gasteiger partial charge in [0, 0.05) is 20.2 Å². The molecule has 2 aromatic heterocycles. The smallest absolute Gasteiger partial charge is 0.188 e. The maximum absolute atomic E-state index is 5.59. The van der Waals surface area contributed by atoms with Gasteiger partial charge in [0.05, 0.1) is 23.0 Å². The summed E-state index contributed by atoms with van der Waals surface area (Å²) in [6.07, 6.45) is 2.43. The first-order chi connectivity index (χ1) is 9.20. The molecule has 0 saturated carbocycles. The summed E-state index contributed by atoms with van der Waals surface area (Å²) in [5, 5.41) is 5.53. The molecule has 0 radical (unpaired) electrons. The molecule has 104 valence electrons. The zero-order valence-electron chi connectivity index (χ0n) is 11.7. The van der Waals surface area contributed by atoms with E-state index in [-0.39, 0.29) is 0 Å². The molecule has 5 nitrogen and oxygen atoms in total. The lowest BCUT2D eigenvalue weighted by Gasteiger charge is -2.23. The maximum atomic E-state index is 5.59. The van der Waals surface area contributed by atoms with E-state index < -0.39 is 0 Å². The average Bonchev–Trinajstić information content (AvgIpc) is 3.06. The van der Waals surface area contributed by atoms with Crippen LogP contribution in [-0.2, 0) is 11.8 Å². The summed E-state index contributed by atoms with van der Waals surface area (Å²) in [5.41, 5.74) is 2.07. The Morgan fingerprint density at radius 1 is 1.47 bits per heavy atom. The molecule has 0 aliphatic carbocycles. The first-order valence-electron chi connectivity index (χ1n) is 6.85. The predicted octanol–water partition coefficient (Wildman–Crippen LogP) is 2.34. The van der Waals surface area contributed by atoms with Crippen LogP contribution in [0.2, 0.25) is 0 Å². The number of thiazole rings is 1. The second-order valence-corrected chi connectivity index (χ2v) is 5.98. The van der Waals surface area contributed by atoms with Gasteiger partial charge >= 0.3 is 0 Å². The molecule has 3 rings (SSSR count). The van der Waals surface area contributed by atoms with Crippen LogP contribution >= 0.6 is 11.3 Å². The quantitative estimate of drug-likeness (QED) is 0.862. The van der Waals surface area contributed by atoms with Crippen molar-refractivity contribution in [1.82, 2.24) is 14.8 Å².